The van der Waals surface area contributed by atoms with Crippen molar-refractivity contribution < 1.29 is 4.52 Å². The average molecular weight is 292 g/mol. The number of halogens is 1. The van der Waals surface area contributed by atoms with Gasteiger partial charge in [-0.25, -0.2) is 0 Å². The number of benzene rings is 1. The summed E-state index contributed by atoms with van der Waals surface area (Å²) in [5.74, 6) is 0.960. The number of aryl methyl sites for hydroxylation is 1. The number of aromatic nitrogens is 2. The molecule has 0 bridgehead atoms. The Hall–Kier alpha value is -1.85. The summed E-state index contributed by atoms with van der Waals surface area (Å²) >= 11 is 7.35. The molecule has 3 rings (SSSR count). The molecule has 0 radical (unpaired) electrons. The van der Waals surface area contributed by atoms with Crippen molar-refractivity contribution in [1.82, 2.24) is 10.1 Å². The molecule has 0 amide bonds. The Morgan fingerprint density at radius 1 is 1.26 bits per heavy atom. The maximum absolute atomic E-state index is 5.91. The van der Waals surface area contributed by atoms with Gasteiger partial charge in [0.2, 0.25) is 5.82 Å². The lowest BCUT2D eigenvalue weighted by atomic mass is 10.2. The van der Waals surface area contributed by atoms with Crippen LogP contribution in [0.2, 0.25) is 5.02 Å². The van der Waals surface area contributed by atoms with Gasteiger partial charge in [-0.15, -0.1) is 11.3 Å². The largest absolute Gasteiger partial charge is 0.390 e. The first kappa shape index (κ1) is 12.2. The number of hydrogen-bond acceptors (Lipinski definition) is 5. The Morgan fingerprint density at radius 3 is 2.63 bits per heavy atom. The second-order valence-electron chi connectivity index (χ2n) is 4.07. The number of nitrogen functional groups attached to an aromatic ring is 1. The highest BCUT2D eigenvalue weighted by molar-refractivity contribution is 7.16. The highest BCUT2D eigenvalue weighted by atomic mass is 35.5. The van der Waals surface area contributed by atoms with Crippen LogP contribution in [0.25, 0.3) is 22.8 Å². The summed E-state index contributed by atoms with van der Waals surface area (Å²) in [5.41, 5.74) is 7.55. The third-order valence-corrected chi connectivity index (χ3v) is 3.77. The van der Waals surface area contributed by atoms with Gasteiger partial charge >= 0.3 is 0 Å². The maximum Gasteiger partial charge on any atom is 0.261 e. The zero-order chi connectivity index (χ0) is 13.4. The van der Waals surface area contributed by atoms with Gasteiger partial charge in [-0.3, -0.25) is 0 Å². The molecule has 0 atom stereocenters. The molecule has 0 fully saturated rings. The normalized spacial score (nSPS) is 10.8. The summed E-state index contributed by atoms with van der Waals surface area (Å²) in [6.45, 7) is 1.99. The van der Waals surface area contributed by atoms with Crippen LogP contribution in [-0.4, -0.2) is 10.1 Å². The number of nitrogens with zero attached hydrogens (tertiary/aromatic N) is 2. The fraction of sp³-hybridized carbons (Fsp3) is 0.0769. The van der Waals surface area contributed by atoms with Crippen LogP contribution in [0.15, 0.2) is 34.9 Å². The van der Waals surface area contributed by atoms with Crippen LogP contribution >= 0.6 is 22.9 Å². The molecule has 3 aromatic rings. The lowest BCUT2D eigenvalue weighted by Crippen LogP contribution is -1.84. The van der Waals surface area contributed by atoms with Crippen molar-refractivity contribution in [2.45, 2.75) is 6.92 Å². The second-order valence-corrected chi connectivity index (χ2v) is 5.79. The van der Waals surface area contributed by atoms with Gasteiger partial charge in [0, 0.05) is 15.5 Å². The first-order valence-electron chi connectivity index (χ1n) is 5.59. The van der Waals surface area contributed by atoms with Crippen LogP contribution in [0.4, 0.5) is 5.00 Å². The van der Waals surface area contributed by atoms with E-state index in [0.29, 0.717) is 21.7 Å². The molecule has 0 aliphatic rings. The van der Waals surface area contributed by atoms with E-state index in [1.807, 2.05) is 25.1 Å². The van der Waals surface area contributed by atoms with Crippen LogP contribution < -0.4 is 5.73 Å². The molecular weight excluding hydrogens is 282 g/mol. The third-order valence-electron chi connectivity index (χ3n) is 2.64. The number of anilines is 1. The van der Waals surface area contributed by atoms with Gasteiger partial charge in [0.15, 0.2) is 0 Å². The third kappa shape index (κ3) is 2.34. The predicted octanol–water partition coefficient (Wildman–Crippen LogP) is 4.01. The summed E-state index contributed by atoms with van der Waals surface area (Å²) < 4.78 is 5.26. The van der Waals surface area contributed by atoms with E-state index in [1.54, 1.807) is 12.1 Å². The zero-order valence-corrected chi connectivity index (χ0v) is 11.6. The van der Waals surface area contributed by atoms with Crippen molar-refractivity contribution in [2.24, 2.45) is 0 Å². The van der Waals surface area contributed by atoms with Gasteiger partial charge < -0.3 is 10.3 Å². The predicted molar refractivity (Wildman–Crippen MR) is 77.2 cm³/mol. The van der Waals surface area contributed by atoms with E-state index >= 15 is 0 Å². The van der Waals surface area contributed by atoms with E-state index in [9.17, 15) is 0 Å². The van der Waals surface area contributed by atoms with E-state index in [-0.39, 0.29) is 0 Å². The van der Waals surface area contributed by atoms with Gasteiger partial charge in [0.1, 0.15) is 0 Å². The summed E-state index contributed by atoms with van der Waals surface area (Å²) in [6.07, 6.45) is 0. The molecule has 2 heterocycles. The monoisotopic (exact) mass is 291 g/mol. The van der Waals surface area contributed by atoms with Crippen LogP contribution in [0.3, 0.4) is 0 Å². The minimum Gasteiger partial charge on any atom is -0.390 e. The van der Waals surface area contributed by atoms with Gasteiger partial charge in [-0.2, -0.15) is 4.98 Å². The Kier molecular flexibility index (Phi) is 3.00. The first-order chi connectivity index (χ1) is 9.13. The van der Waals surface area contributed by atoms with Gasteiger partial charge in [-0.1, -0.05) is 16.8 Å². The molecule has 0 saturated heterocycles. The molecule has 1 aromatic carbocycles. The van der Waals surface area contributed by atoms with E-state index in [2.05, 4.69) is 10.1 Å². The minimum atomic E-state index is 0.437. The molecule has 96 valence electrons. The summed E-state index contributed by atoms with van der Waals surface area (Å²) in [7, 11) is 0. The molecule has 2 N–H and O–H groups in total. The minimum absolute atomic E-state index is 0.437. The van der Waals surface area contributed by atoms with Crippen LogP contribution in [-0.2, 0) is 0 Å². The number of thiophene rings is 1. The van der Waals surface area contributed by atoms with Gasteiger partial charge in [0.25, 0.3) is 5.89 Å². The Labute approximate surface area is 118 Å². The van der Waals surface area contributed by atoms with Crippen LogP contribution in [0, 0.1) is 6.92 Å². The van der Waals surface area contributed by atoms with Crippen molar-refractivity contribution in [3.63, 3.8) is 0 Å². The molecule has 19 heavy (non-hydrogen) atoms. The number of rotatable bonds is 2. The van der Waals surface area contributed by atoms with Crippen LogP contribution in [0.5, 0.6) is 0 Å². The standard InChI is InChI=1S/C13H10ClN3OS/c1-7-6-10(11(15)19-7)13-16-12(17-18-13)8-2-4-9(14)5-3-8/h2-6H,15H2,1H3. The van der Waals surface area contributed by atoms with E-state index in [4.69, 9.17) is 21.9 Å². The second kappa shape index (κ2) is 4.68. The maximum atomic E-state index is 5.91. The van der Waals surface area contributed by atoms with E-state index < -0.39 is 0 Å². The molecule has 0 saturated carbocycles. The summed E-state index contributed by atoms with van der Waals surface area (Å²) in [4.78, 5) is 5.47. The van der Waals surface area contributed by atoms with Gasteiger partial charge in [-0.05, 0) is 37.3 Å². The average Bonchev–Trinajstić information content (AvgIpc) is 2.97. The molecule has 0 aliphatic heterocycles. The smallest absolute Gasteiger partial charge is 0.261 e. The van der Waals surface area contributed by atoms with Crippen molar-refractivity contribution in [1.29, 1.82) is 0 Å². The SMILES string of the molecule is Cc1cc(-c2nc(-c3ccc(Cl)cc3)no2)c(N)s1. The number of hydrogen-bond donors (Lipinski definition) is 1. The first-order valence-corrected chi connectivity index (χ1v) is 6.79. The van der Waals surface area contributed by atoms with Crippen molar-refractivity contribution in [3.8, 4) is 22.8 Å². The van der Waals surface area contributed by atoms with Crippen molar-refractivity contribution >= 4 is 27.9 Å². The van der Waals surface area contributed by atoms with Gasteiger partial charge in [0.05, 0.1) is 10.6 Å². The molecule has 6 heteroatoms. The molecule has 0 aliphatic carbocycles. The lowest BCUT2D eigenvalue weighted by molar-refractivity contribution is 0.432. The molecule has 0 spiro atoms. The summed E-state index contributed by atoms with van der Waals surface area (Å²) in [6, 6.07) is 9.21. The van der Waals surface area contributed by atoms with E-state index in [1.165, 1.54) is 11.3 Å². The highest BCUT2D eigenvalue weighted by Gasteiger charge is 2.15. The lowest BCUT2D eigenvalue weighted by Gasteiger charge is -1.93. The van der Waals surface area contributed by atoms with Crippen molar-refractivity contribution in [2.75, 3.05) is 5.73 Å². The van der Waals surface area contributed by atoms with E-state index in [0.717, 1.165) is 16.0 Å². The van der Waals surface area contributed by atoms with Crippen LogP contribution in [0.1, 0.15) is 4.88 Å². The Morgan fingerprint density at radius 2 is 2.00 bits per heavy atom. The molecule has 4 nitrogen and oxygen atoms in total. The fourth-order valence-corrected chi connectivity index (χ4v) is 2.65. The fourth-order valence-electron chi connectivity index (χ4n) is 1.75. The number of nitrogens with two attached hydrogens (primary N) is 1. The summed E-state index contributed by atoms with van der Waals surface area (Å²) in [5, 5.41) is 5.32. The topological polar surface area (TPSA) is 64.9 Å². The Bertz CT molecular complexity index is 718. The molecule has 0 unspecified atom stereocenters. The van der Waals surface area contributed by atoms with Crippen molar-refractivity contribution in [3.05, 3.63) is 40.2 Å². The molecular formula is C13H10ClN3OS. The molecule has 2 aromatic heterocycles. The Balaban J connectivity index is 1.99. The zero-order valence-electron chi connectivity index (χ0n) is 10.1. The highest BCUT2D eigenvalue weighted by Crippen LogP contribution is 2.33. The quantitative estimate of drug-likeness (QED) is 0.775.